The van der Waals surface area contributed by atoms with Gasteiger partial charge in [0.2, 0.25) is 0 Å². The van der Waals surface area contributed by atoms with Crippen LogP contribution >= 0.6 is 0 Å². The Kier molecular flexibility index (Phi) is 4.44. The molecule has 0 aliphatic heterocycles. The minimum absolute atomic E-state index is 0.334. The van der Waals surface area contributed by atoms with Gasteiger partial charge < -0.3 is 20.1 Å². The van der Waals surface area contributed by atoms with E-state index in [9.17, 15) is 4.79 Å². The molecule has 104 valence electrons. The van der Waals surface area contributed by atoms with Crippen LogP contribution in [0.1, 0.15) is 0 Å². The molecule has 2 N–H and O–H groups in total. The first-order valence-electron chi connectivity index (χ1n) is 6.08. The van der Waals surface area contributed by atoms with Crippen LogP contribution < -0.4 is 20.1 Å². The number of hydrogen-bond donors (Lipinski definition) is 2. The third-order valence-electron chi connectivity index (χ3n) is 2.69. The summed E-state index contributed by atoms with van der Waals surface area (Å²) in [5.74, 6) is 1.20. The second kappa shape index (κ2) is 6.47. The van der Waals surface area contributed by atoms with Crippen LogP contribution in [0.5, 0.6) is 11.5 Å². The van der Waals surface area contributed by atoms with Gasteiger partial charge in [-0.25, -0.2) is 4.79 Å². The normalized spacial score (nSPS) is 9.70. The standard InChI is InChI=1S/C15H16N2O3/c1-19-12-8-9-13(14(10-12)20-2)17-15(18)16-11-6-4-3-5-7-11/h3-10H,1-2H3,(H2,16,17,18). The van der Waals surface area contributed by atoms with Crippen LogP contribution in [0, 0.1) is 0 Å². The smallest absolute Gasteiger partial charge is 0.323 e. The predicted molar refractivity (Wildman–Crippen MR) is 78.6 cm³/mol. The summed E-state index contributed by atoms with van der Waals surface area (Å²) >= 11 is 0. The summed E-state index contributed by atoms with van der Waals surface area (Å²) in [7, 11) is 3.11. The van der Waals surface area contributed by atoms with E-state index in [2.05, 4.69) is 10.6 Å². The molecule has 0 saturated heterocycles. The average Bonchev–Trinajstić information content (AvgIpc) is 2.48. The Morgan fingerprint density at radius 3 is 2.35 bits per heavy atom. The van der Waals surface area contributed by atoms with Gasteiger partial charge >= 0.3 is 6.03 Å². The molecule has 0 aliphatic carbocycles. The zero-order valence-corrected chi connectivity index (χ0v) is 11.3. The maximum Gasteiger partial charge on any atom is 0.323 e. The molecule has 0 bridgehead atoms. The largest absolute Gasteiger partial charge is 0.497 e. The number of rotatable bonds is 4. The summed E-state index contributed by atoms with van der Waals surface area (Å²) in [6, 6.07) is 14.1. The van der Waals surface area contributed by atoms with Crippen molar-refractivity contribution in [3.63, 3.8) is 0 Å². The first-order chi connectivity index (χ1) is 9.72. The number of para-hydroxylation sites is 1. The Hall–Kier alpha value is -2.69. The first kappa shape index (κ1) is 13.7. The van der Waals surface area contributed by atoms with Crippen LogP contribution in [-0.4, -0.2) is 20.3 Å². The fourth-order valence-electron chi connectivity index (χ4n) is 1.71. The van der Waals surface area contributed by atoms with Crippen LogP contribution in [-0.2, 0) is 0 Å². The van der Waals surface area contributed by atoms with Gasteiger partial charge in [0.1, 0.15) is 11.5 Å². The third-order valence-corrected chi connectivity index (χ3v) is 2.69. The molecule has 0 aliphatic rings. The summed E-state index contributed by atoms with van der Waals surface area (Å²) in [5, 5.41) is 5.46. The number of amides is 2. The molecule has 0 saturated carbocycles. The van der Waals surface area contributed by atoms with Crippen LogP contribution in [0.3, 0.4) is 0 Å². The maximum absolute atomic E-state index is 11.9. The van der Waals surface area contributed by atoms with E-state index in [4.69, 9.17) is 9.47 Å². The number of nitrogens with one attached hydrogen (secondary N) is 2. The van der Waals surface area contributed by atoms with Gasteiger partial charge in [-0.15, -0.1) is 0 Å². The number of urea groups is 1. The molecule has 2 aromatic rings. The van der Waals surface area contributed by atoms with Crippen molar-refractivity contribution in [3.8, 4) is 11.5 Å². The Labute approximate surface area is 117 Å². The predicted octanol–water partition coefficient (Wildman–Crippen LogP) is 3.35. The Balaban J connectivity index is 2.07. The zero-order valence-electron chi connectivity index (χ0n) is 11.3. The highest BCUT2D eigenvalue weighted by Crippen LogP contribution is 2.29. The Morgan fingerprint density at radius 1 is 0.950 bits per heavy atom. The van der Waals surface area contributed by atoms with E-state index < -0.39 is 0 Å². The highest BCUT2D eigenvalue weighted by atomic mass is 16.5. The molecule has 0 fully saturated rings. The van der Waals surface area contributed by atoms with Gasteiger partial charge in [0.05, 0.1) is 19.9 Å². The quantitative estimate of drug-likeness (QED) is 0.897. The van der Waals surface area contributed by atoms with Crippen molar-refractivity contribution in [2.45, 2.75) is 0 Å². The number of ether oxygens (including phenoxy) is 2. The van der Waals surface area contributed by atoms with Crippen molar-refractivity contribution < 1.29 is 14.3 Å². The SMILES string of the molecule is COc1ccc(NC(=O)Nc2ccccc2)c(OC)c1. The Morgan fingerprint density at radius 2 is 1.70 bits per heavy atom. The van der Waals surface area contributed by atoms with E-state index in [1.54, 1.807) is 25.3 Å². The zero-order chi connectivity index (χ0) is 14.4. The fourth-order valence-corrected chi connectivity index (χ4v) is 1.71. The molecule has 20 heavy (non-hydrogen) atoms. The summed E-state index contributed by atoms with van der Waals surface area (Å²) in [4.78, 5) is 11.9. The minimum Gasteiger partial charge on any atom is -0.497 e. The van der Waals surface area contributed by atoms with E-state index in [1.165, 1.54) is 7.11 Å². The van der Waals surface area contributed by atoms with E-state index in [1.807, 2.05) is 30.3 Å². The van der Waals surface area contributed by atoms with Gasteiger partial charge in [0, 0.05) is 11.8 Å². The van der Waals surface area contributed by atoms with E-state index in [0.29, 0.717) is 17.2 Å². The molecule has 5 heteroatoms. The number of hydrogen-bond acceptors (Lipinski definition) is 3. The molecule has 5 nitrogen and oxygen atoms in total. The van der Waals surface area contributed by atoms with Crippen LogP contribution in [0.25, 0.3) is 0 Å². The first-order valence-corrected chi connectivity index (χ1v) is 6.08. The summed E-state index contributed by atoms with van der Waals surface area (Å²) in [6.07, 6.45) is 0. The number of anilines is 2. The van der Waals surface area contributed by atoms with Gasteiger partial charge in [-0.05, 0) is 24.3 Å². The second-order valence-electron chi connectivity index (χ2n) is 4.01. The van der Waals surface area contributed by atoms with Crippen molar-refractivity contribution in [2.24, 2.45) is 0 Å². The fraction of sp³-hybridized carbons (Fsp3) is 0.133. The lowest BCUT2D eigenvalue weighted by molar-refractivity contribution is 0.262. The molecule has 0 atom stereocenters. The molecule has 0 spiro atoms. The molecule has 2 rings (SSSR count). The van der Waals surface area contributed by atoms with Gasteiger partial charge in [-0.2, -0.15) is 0 Å². The molecule has 0 aromatic heterocycles. The highest BCUT2D eigenvalue weighted by molar-refractivity contribution is 6.00. The molecule has 0 unspecified atom stereocenters. The van der Waals surface area contributed by atoms with Gasteiger partial charge in [0.25, 0.3) is 0 Å². The third kappa shape index (κ3) is 3.41. The molecular formula is C15H16N2O3. The van der Waals surface area contributed by atoms with Crippen molar-refractivity contribution >= 4 is 17.4 Å². The summed E-state index contributed by atoms with van der Waals surface area (Å²) in [6.45, 7) is 0. The van der Waals surface area contributed by atoms with Gasteiger partial charge in [-0.1, -0.05) is 18.2 Å². The lowest BCUT2D eigenvalue weighted by atomic mass is 10.2. The van der Waals surface area contributed by atoms with Crippen molar-refractivity contribution in [1.29, 1.82) is 0 Å². The molecule has 2 aromatic carbocycles. The highest BCUT2D eigenvalue weighted by Gasteiger charge is 2.08. The number of carbonyl (C=O) groups is 1. The molecule has 0 radical (unpaired) electrons. The molecule has 0 heterocycles. The number of benzene rings is 2. The van der Waals surface area contributed by atoms with Crippen molar-refractivity contribution in [3.05, 3.63) is 48.5 Å². The van der Waals surface area contributed by atoms with Gasteiger partial charge in [-0.3, -0.25) is 0 Å². The van der Waals surface area contributed by atoms with Gasteiger partial charge in [0.15, 0.2) is 0 Å². The van der Waals surface area contributed by atoms with E-state index >= 15 is 0 Å². The summed E-state index contributed by atoms with van der Waals surface area (Å²) < 4.78 is 10.3. The monoisotopic (exact) mass is 272 g/mol. The maximum atomic E-state index is 11.9. The van der Waals surface area contributed by atoms with E-state index in [-0.39, 0.29) is 6.03 Å². The lowest BCUT2D eigenvalue weighted by Crippen LogP contribution is -2.19. The van der Waals surface area contributed by atoms with Crippen molar-refractivity contribution in [2.75, 3.05) is 24.9 Å². The molecule has 2 amide bonds. The average molecular weight is 272 g/mol. The number of carbonyl (C=O) groups excluding carboxylic acids is 1. The van der Waals surface area contributed by atoms with Crippen LogP contribution in [0.15, 0.2) is 48.5 Å². The Bertz CT molecular complexity index is 585. The van der Waals surface area contributed by atoms with Crippen molar-refractivity contribution in [1.82, 2.24) is 0 Å². The molecular weight excluding hydrogens is 256 g/mol. The summed E-state index contributed by atoms with van der Waals surface area (Å²) in [5.41, 5.74) is 1.29. The second-order valence-corrected chi connectivity index (χ2v) is 4.01. The van der Waals surface area contributed by atoms with Crippen LogP contribution in [0.4, 0.5) is 16.2 Å². The van der Waals surface area contributed by atoms with E-state index in [0.717, 1.165) is 5.69 Å². The number of methoxy groups -OCH3 is 2. The van der Waals surface area contributed by atoms with Crippen LogP contribution in [0.2, 0.25) is 0 Å². The lowest BCUT2D eigenvalue weighted by Gasteiger charge is -2.12. The minimum atomic E-state index is -0.334. The topological polar surface area (TPSA) is 59.6 Å².